The summed E-state index contributed by atoms with van der Waals surface area (Å²) in [6, 6.07) is 6.99. The first-order valence-corrected chi connectivity index (χ1v) is 6.97. The Balaban J connectivity index is 2.00. The number of hydrogen-bond donors (Lipinski definition) is 0. The smallest absolute Gasteiger partial charge is 0.176 e. The van der Waals surface area contributed by atoms with Crippen LogP contribution in [0.4, 0.5) is 0 Å². The number of ether oxygens (including phenoxy) is 1. The highest BCUT2D eigenvalue weighted by Gasteiger charge is 2.13. The number of aryl methyl sites for hydroxylation is 1. The maximum atomic E-state index is 12.3. The second kappa shape index (κ2) is 6.78. The molecular formula is C16H18ClNO3. The minimum absolute atomic E-state index is 0.0169. The number of Topliss-reactive ketones (excluding diaryl/α,β-unsaturated/α-hetero) is 1. The standard InChI is InChI=1S/C16H18ClNO3/c1-11-13(6-7-21-11)9-18(2)10-15(19)12-4-5-16(20-3)14(17)8-12/h4-8H,9-10H2,1-3H3. The van der Waals surface area contributed by atoms with Crippen LogP contribution >= 0.6 is 11.6 Å². The van der Waals surface area contributed by atoms with Gasteiger partial charge in [-0.3, -0.25) is 9.69 Å². The largest absolute Gasteiger partial charge is 0.495 e. The van der Waals surface area contributed by atoms with Crippen LogP contribution in [0.3, 0.4) is 0 Å². The van der Waals surface area contributed by atoms with Gasteiger partial charge in [0.2, 0.25) is 0 Å². The summed E-state index contributed by atoms with van der Waals surface area (Å²) in [6.07, 6.45) is 1.66. The lowest BCUT2D eigenvalue weighted by Crippen LogP contribution is -2.25. The first-order valence-electron chi connectivity index (χ1n) is 6.59. The van der Waals surface area contributed by atoms with Crippen LogP contribution in [0.15, 0.2) is 34.9 Å². The van der Waals surface area contributed by atoms with Crippen molar-refractivity contribution in [2.75, 3.05) is 20.7 Å². The molecule has 5 heteroatoms. The van der Waals surface area contributed by atoms with Crippen molar-refractivity contribution in [2.45, 2.75) is 13.5 Å². The Bertz CT molecular complexity index is 636. The van der Waals surface area contributed by atoms with Crippen molar-refractivity contribution in [3.05, 3.63) is 52.4 Å². The summed E-state index contributed by atoms with van der Waals surface area (Å²) in [5.41, 5.74) is 1.66. The molecule has 1 aromatic carbocycles. The molecule has 2 rings (SSSR count). The average Bonchev–Trinajstić information content (AvgIpc) is 2.84. The number of benzene rings is 1. The Morgan fingerprint density at radius 2 is 2.14 bits per heavy atom. The maximum absolute atomic E-state index is 12.3. The number of methoxy groups -OCH3 is 1. The maximum Gasteiger partial charge on any atom is 0.176 e. The summed E-state index contributed by atoms with van der Waals surface area (Å²) in [5.74, 6) is 1.46. The number of ketones is 1. The third-order valence-electron chi connectivity index (χ3n) is 3.29. The molecule has 0 saturated heterocycles. The second-order valence-electron chi connectivity index (χ2n) is 4.95. The van der Waals surface area contributed by atoms with E-state index in [1.807, 2.05) is 24.9 Å². The van der Waals surface area contributed by atoms with E-state index in [0.717, 1.165) is 11.3 Å². The van der Waals surface area contributed by atoms with Crippen molar-refractivity contribution >= 4 is 17.4 Å². The third-order valence-corrected chi connectivity index (χ3v) is 3.59. The highest BCUT2D eigenvalue weighted by molar-refractivity contribution is 6.32. The minimum Gasteiger partial charge on any atom is -0.495 e. The molecule has 4 nitrogen and oxygen atoms in total. The highest BCUT2D eigenvalue weighted by atomic mass is 35.5. The van der Waals surface area contributed by atoms with Gasteiger partial charge in [-0.25, -0.2) is 0 Å². The number of nitrogens with zero attached hydrogens (tertiary/aromatic N) is 1. The van der Waals surface area contributed by atoms with Crippen molar-refractivity contribution < 1.29 is 13.9 Å². The van der Waals surface area contributed by atoms with Gasteiger partial charge < -0.3 is 9.15 Å². The fraction of sp³-hybridized carbons (Fsp3) is 0.312. The van der Waals surface area contributed by atoms with Crippen LogP contribution < -0.4 is 4.74 Å². The predicted molar refractivity (Wildman–Crippen MR) is 82.1 cm³/mol. The third kappa shape index (κ3) is 3.86. The van der Waals surface area contributed by atoms with Gasteiger partial charge in [-0.05, 0) is 38.2 Å². The van der Waals surface area contributed by atoms with Crippen LogP contribution in [-0.2, 0) is 6.54 Å². The highest BCUT2D eigenvalue weighted by Crippen LogP contribution is 2.25. The van der Waals surface area contributed by atoms with Crippen molar-refractivity contribution in [2.24, 2.45) is 0 Å². The molecular weight excluding hydrogens is 290 g/mol. The number of likely N-dealkylation sites (N-methyl/N-ethyl adjacent to an activating group) is 1. The number of hydrogen-bond acceptors (Lipinski definition) is 4. The number of furan rings is 1. The molecule has 1 heterocycles. The number of carbonyl (C=O) groups excluding carboxylic acids is 1. The van der Waals surface area contributed by atoms with E-state index in [1.54, 1.807) is 31.6 Å². The van der Waals surface area contributed by atoms with E-state index < -0.39 is 0 Å². The van der Waals surface area contributed by atoms with Gasteiger partial charge in [-0.2, -0.15) is 0 Å². The fourth-order valence-electron chi connectivity index (χ4n) is 2.10. The van der Waals surface area contributed by atoms with Crippen molar-refractivity contribution in [3.63, 3.8) is 0 Å². The molecule has 0 unspecified atom stereocenters. The van der Waals surface area contributed by atoms with Gasteiger partial charge in [0.25, 0.3) is 0 Å². The lowest BCUT2D eigenvalue weighted by molar-refractivity contribution is 0.0942. The molecule has 0 aliphatic heterocycles. The average molecular weight is 308 g/mol. The lowest BCUT2D eigenvalue weighted by atomic mass is 10.1. The number of rotatable bonds is 6. The topological polar surface area (TPSA) is 42.7 Å². The normalized spacial score (nSPS) is 10.9. The first-order chi connectivity index (χ1) is 10.0. The summed E-state index contributed by atoms with van der Waals surface area (Å²) in [5, 5.41) is 0.441. The summed E-state index contributed by atoms with van der Waals surface area (Å²) in [4.78, 5) is 14.2. The molecule has 0 saturated carbocycles. The Hall–Kier alpha value is -1.78. The van der Waals surface area contributed by atoms with E-state index in [4.69, 9.17) is 20.8 Å². The van der Waals surface area contributed by atoms with Gasteiger partial charge in [0.1, 0.15) is 11.5 Å². The Labute approximate surface area is 129 Å². The molecule has 0 aliphatic rings. The quantitative estimate of drug-likeness (QED) is 0.765. The van der Waals surface area contributed by atoms with Crippen LogP contribution in [0.5, 0.6) is 5.75 Å². The summed E-state index contributed by atoms with van der Waals surface area (Å²) in [7, 11) is 3.44. The summed E-state index contributed by atoms with van der Waals surface area (Å²) < 4.78 is 10.3. The molecule has 0 N–H and O–H groups in total. The molecule has 0 bridgehead atoms. The van der Waals surface area contributed by atoms with Gasteiger partial charge in [-0.15, -0.1) is 0 Å². The van der Waals surface area contributed by atoms with Crippen LogP contribution in [0, 0.1) is 6.92 Å². The SMILES string of the molecule is COc1ccc(C(=O)CN(C)Cc2ccoc2C)cc1Cl. The molecule has 21 heavy (non-hydrogen) atoms. The van der Waals surface area contributed by atoms with Crippen LogP contribution in [-0.4, -0.2) is 31.4 Å². The van der Waals surface area contributed by atoms with E-state index in [2.05, 4.69) is 0 Å². The van der Waals surface area contributed by atoms with Gasteiger partial charge in [0.15, 0.2) is 5.78 Å². The van der Waals surface area contributed by atoms with Gasteiger partial charge in [0, 0.05) is 17.7 Å². The molecule has 2 aromatic rings. The number of halogens is 1. The van der Waals surface area contributed by atoms with E-state index >= 15 is 0 Å². The lowest BCUT2D eigenvalue weighted by Gasteiger charge is -2.15. The minimum atomic E-state index is 0.0169. The molecule has 112 valence electrons. The van der Waals surface area contributed by atoms with Gasteiger partial charge in [0.05, 0.1) is 24.9 Å². The first kappa shape index (κ1) is 15.6. The number of carbonyl (C=O) groups is 1. The van der Waals surface area contributed by atoms with Crippen molar-refractivity contribution in [3.8, 4) is 5.75 Å². The Morgan fingerprint density at radius 1 is 1.38 bits per heavy atom. The summed E-state index contributed by atoms with van der Waals surface area (Å²) in [6.45, 7) is 2.89. The molecule has 0 atom stereocenters. The second-order valence-corrected chi connectivity index (χ2v) is 5.35. The van der Waals surface area contributed by atoms with Gasteiger partial charge in [-0.1, -0.05) is 11.6 Å². The van der Waals surface area contributed by atoms with Crippen LogP contribution in [0.1, 0.15) is 21.7 Å². The molecule has 1 aromatic heterocycles. The van der Waals surface area contributed by atoms with E-state index in [1.165, 1.54) is 0 Å². The molecule has 0 spiro atoms. The zero-order valence-corrected chi connectivity index (χ0v) is 13.1. The zero-order chi connectivity index (χ0) is 15.4. The monoisotopic (exact) mass is 307 g/mol. The van der Waals surface area contributed by atoms with Crippen molar-refractivity contribution in [1.29, 1.82) is 0 Å². The Morgan fingerprint density at radius 3 is 2.71 bits per heavy atom. The Kier molecular flexibility index (Phi) is 5.04. The fourth-order valence-corrected chi connectivity index (χ4v) is 2.36. The molecule has 0 aliphatic carbocycles. The zero-order valence-electron chi connectivity index (χ0n) is 12.4. The van der Waals surface area contributed by atoms with Gasteiger partial charge >= 0.3 is 0 Å². The van der Waals surface area contributed by atoms with Crippen LogP contribution in [0.2, 0.25) is 5.02 Å². The van der Waals surface area contributed by atoms with E-state index in [9.17, 15) is 4.79 Å². The van der Waals surface area contributed by atoms with E-state index in [0.29, 0.717) is 29.4 Å². The van der Waals surface area contributed by atoms with E-state index in [-0.39, 0.29) is 5.78 Å². The van der Waals surface area contributed by atoms with Crippen molar-refractivity contribution in [1.82, 2.24) is 4.90 Å². The molecule has 0 amide bonds. The summed E-state index contributed by atoms with van der Waals surface area (Å²) >= 11 is 6.04. The molecule has 0 fully saturated rings. The molecule has 0 radical (unpaired) electrons. The van der Waals surface area contributed by atoms with Crippen LogP contribution in [0.25, 0.3) is 0 Å². The predicted octanol–water partition coefficient (Wildman–Crippen LogP) is 3.56.